The van der Waals surface area contributed by atoms with E-state index in [4.69, 9.17) is 15.2 Å². The fraction of sp³-hybridized carbons (Fsp3) is 0.267. The molecule has 23 heavy (non-hydrogen) atoms. The van der Waals surface area contributed by atoms with E-state index in [-0.39, 0.29) is 12.4 Å². The van der Waals surface area contributed by atoms with Crippen molar-refractivity contribution >= 4 is 17.7 Å². The van der Waals surface area contributed by atoms with Crippen LogP contribution in [0, 0.1) is 0 Å². The molecule has 7 nitrogen and oxygen atoms in total. The van der Waals surface area contributed by atoms with Gasteiger partial charge in [0.05, 0.1) is 12.9 Å². The molecule has 0 atom stereocenters. The molecule has 0 saturated carbocycles. The van der Waals surface area contributed by atoms with Crippen molar-refractivity contribution in [1.29, 1.82) is 0 Å². The highest BCUT2D eigenvalue weighted by Crippen LogP contribution is 2.27. The number of benzene rings is 1. The van der Waals surface area contributed by atoms with Crippen LogP contribution >= 0.6 is 11.8 Å². The molecule has 1 heterocycles. The molecule has 0 aliphatic rings. The molecule has 0 spiro atoms. The van der Waals surface area contributed by atoms with E-state index in [1.54, 1.807) is 13.2 Å². The van der Waals surface area contributed by atoms with Crippen molar-refractivity contribution in [1.82, 2.24) is 14.8 Å². The van der Waals surface area contributed by atoms with Crippen LogP contribution in [0.1, 0.15) is 5.82 Å². The lowest BCUT2D eigenvalue weighted by Crippen LogP contribution is -2.14. The summed E-state index contributed by atoms with van der Waals surface area (Å²) >= 11 is 1.23. The number of aromatic nitrogens is 3. The third-order valence-corrected chi connectivity index (χ3v) is 3.86. The number of carbonyl (C=O) groups is 1. The molecular formula is C15H18N4O3S. The van der Waals surface area contributed by atoms with Crippen molar-refractivity contribution in [3.05, 3.63) is 42.7 Å². The number of methoxy groups -OCH3 is 1. The summed E-state index contributed by atoms with van der Waals surface area (Å²) in [4.78, 5) is 10.9. The van der Waals surface area contributed by atoms with Crippen molar-refractivity contribution in [3.8, 4) is 11.5 Å². The summed E-state index contributed by atoms with van der Waals surface area (Å²) in [5.41, 5.74) is 5.16. The van der Waals surface area contributed by atoms with E-state index in [0.717, 1.165) is 0 Å². The summed E-state index contributed by atoms with van der Waals surface area (Å²) in [5, 5.41) is 8.78. The second-order valence-corrected chi connectivity index (χ2v) is 5.44. The minimum atomic E-state index is -0.407. The number of hydrogen-bond acceptors (Lipinski definition) is 6. The SMILES string of the molecule is C=CCn1c(COc2ccccc2OC)nnc1SCC(N)=O. The zero-order chi connectivity index (χ0) is 16.7. The van der Waals surface area contributed by atoms with Crippen LogP contribution in [0.2, 0.25) is 0 Å². The molecular weight excluding hydrogens is 316 g/mol. The molecule has 1 aromatic carbocycles. The first-order chi connectivity index (χ1) is 11.2. The van der Waals surface area contributed by atoms with E-state index in [1.165, 1.54) is 11.8 Å². The number of ether oxygens (including phenoxy) is 2. The standard InChI is InChI=1S/C15H18N4O3S/c1-3-8-19-14(17-18-15(19)23-10-13(16)20)9-22-12-7-5-4-6-11(12)21-2/h3-7H,1,8-10H2,2H3,(H2,16,20). The van der Waals surface area contributed by atoms with E-state index in [0.29, 0.717) is 29.0 Å². The van der Waals surface area contributed by atoms with Crippen LogP contribution in [-0.4, -0.2) is 33.5 Å². The van der Waals surface area contributed by atoms with E-state index in [2.05, 4.69) is 16.8 Å². The van der Waals surface area contributed by atoms with Gasteiger partial charge in [-0.3, -0.25) is 9.36 Å². The number of nitrogens with two attached hydrogens (primary N) is 1. The topological polar surface area (TPSA) is 92.3 Å². The molecule has 8 heteroatoms. The Balaban J connectivity index is 2.12. The predicted octanol–water partition coefficient (Wildman–Crippen LogP) is 1.63. The van der Waals surface area contributed by atoms with Crippen LogP contribution in [0.5, 0.6) is 11.5 Å². The maximum atomic E-state index is 10.9. The van der Waals surface area contributed by atoms with Gasteiger partial charge in [-0.15, -0.1) is 16.8 Å². The van der Waals surface area contributed by atoms with Crippen molar-refractivity contribution < 1.29 is 14.3 Å². The van der Waals surface area contributed by atoms with E-state index in [1.807, 2.05) is 28.8 Å². The van der Waals surface area contributed by atoms with Crippen molar-refractivity contribution in [2.24, 2.45) is 5.73 Å². The van der Waals surface area contributed by atoms with Gasteiger partial charge in [-0.25, -0.2) is 0 Å². The van der Waals surface area contributed by atoms with Crippen LogP contribution in [0.25, 0.3) is 0 Å². The molecule has 2 N–H and O–H groups in total. The Labute approximate surface area is 138 Å². The quantitative estimate of drug-likeness (QED) is 0.553. The Morgan fingerprint density at radius 2 is 2.13 bits per heavy atom. The third kappa shape index (κ3) is 4.49. The molecule has 2 aromatic rings. The van der Waals surface area contributed by atoms with Crippen LogP contribution in [0.4, 0.5) is 0 Å². The van der Waals surface area contributed by atoms with Gasteiger partial charge < -0.3 is 15.2 Å². The van der Waals surface area contributed by atoms with Crippen molar-refractivity contribution in [3.63, 3.8) is 0 Å². The molecule has 0 unspecified atom stereocenters. The summed E-state index contributed by atoms with van der Waals surface area (Å²) in [6.07, 6.45) is 1.73. The summed E-state index contributed by atoms with van der Waals surface area (Å²) in [6.45, 7) is 4.45. The predicted molar refractivity (Wildman–Crippen MR) is 87.5 cm³/mol. The lowest BCUT2D eigenvalue weighted by molar-refractivity contribution is -0.115. The zero-order valence-electron chi connectivity index (χ0n) is 12.8. The smallest absolute Gasteiger partial charge is 0.227 e. The maximum Gasteiger partial charge on any atom is 0.227 e. The highest BCUT2D eigenvalue weighted by molar-refractivity contribution is 7.99. The molecule has 122 valence electrons. The zero-order valence-corrected chi connectivity index (χ0v) is 13.6. The molecule has 0 saturated heterocycles. The van der Waals surface area contributed by atoms with Gasteiger partial charge in [0.2, 0.25) is 5.91 Å². The number of allylic oxidation sites excluding steroid dienone is 1. The Hall–Kier alpha value is -2.48. The number of thioether (sulfide) groups is 1. The molecule has 1 aromatic heterocycles. The molecule has 0 fully saturated rings. The van der Waals surface area contributed by atoms with Crippen LogP contribution in [0.3, 0.4) is 0 Å². The first kappa shape index (κ1) is 16.9. The third-order valence-electron chi connectivity index (χ3n) is 2.87. The fourth-order valence-corrected chi connectivity index (χ4v) is 2.57. The van der Waals surface area contributed by atoms with Gasteiger partial charge >= 0.3 is 0 Å². The molecule has 0 radical (unpaired) electrons. The average Bonchev–Trinajstić information content (AvgIpc) is 2.93. The van der Waals surface area contributed by atoms with E-state index < -0.39 is 5.91 Å². The van der Waals surface area contributed by atoms with Crippen LogP contribution in [-0.2, 0) is 17.9 Å². The van der Waals surface area contributed by atoms with Gasteiger partial charge in [0, 0.05) is 6.54 Å². The monoisotopic (exact) mass is 334 g/mol. The first-order valence-electron chi connectivity index (χ1n) is 6.85. The highest BCUT2D eigenvalue weighted by atomic mass is 32.2. The van der Waals surface area contributed by atoms with Crippen LogP contribution < -0.4 is 15.2 Å². The van der Waals surface area contributed by atoms with Gasteiger partial charge in [0.1, 0.15) is 6.61 Å². The highest BCUT2D eigenvalue weighted by Gasteiger charge is 2.14. The van der Waals surface area contributed by atoms with E-state index >= 15 is 0 Å². The Bertz CT molecular complexity index is 687. The minimum Gasteiger partial charge on any atom is -0.493 e. The maximum absolute atomic E-state index is 10.9. The van der Waals surface area contributed by atoms with Crippen LogP contribution in [0.15, 0.2) is 42.1 Å². The molecule has 1 amide bonds. The summed E-state index contributed by atoms with van der Waals surface area (Å²) in [7, 11) is 1.58. The molecule has 0 aliphatic carbocycles. The van der Waals surface area contributed by atoms with Gasteiger partial charge in [0.15, 0.2) is 22.5 Å². The van der Waals surface area contributed by atoms with Gasteiger partial charge in [-0.05, 0) is 12.1 Å². The second kappa shape index (κ2) is 8.23. The number of primary amides is 1. The number of amides is 1. The average molecular weight is 334 g/mol. The summed E-state index contributed by atoms with van der Waals surface area (Å²) in [5.74, 6) is 1.63. The number of rotatable bonds is 9. The normalized spacial score (nSPS) is 10.3. The lowest BCUT2D eigenvalue weighted by atomic mass is 10.3. The largest absolute Gasteiger partial charge is 0.493 e. The van der Waals surface area contributed by atoms with Gasteiger partial charge in [-0.2, -0.15) is 0 Å². The van der Waals surface area contributed by atoms with Gasteiger partial charge in [-0.1, -0.05) is 30.0 Å². The van der Waals surface area contributed by atoms with Crippen molar-refractivity contribution in [2.75, 3.05) is 12.9 Å². The van der Waals surface area contributed by atoms with E-state index in [9.17, 15) is 4.79 Å². The molecule has 0 bridgehead atoms. The molecule has 2 rings (SSSR count). The fourth-order valence-electron chi connectivity index (χ4n) is 1.86. The Morgan fingerprint density at radius 3 is 2.78 bits per heavy atom. The number of nitrogens with zero attached hydrogens (tertiary/aromatic N) is 3. The summed E-state index contributed by atoms with van der Waals surface area (Å²) < 4.78 is 12.8. The van der Waals surface area contributed by atoms with Crippen molar-refractivity contribution in [2.45, 2.75) is 18.3 Å². The number of para-hydroxylation sites is 2. The summed E-state index contributed by atoms with van der Waals surface area (Å²) in [6, 6.07) is 7.36. The Morgan fingerprint density at radius 1 is 1.39 bits per heavy atom. The second-order valence-electron chi connectivity index (χ2n) is 4.49. The minimum absolute atomic E-state index is 0.142. The molecule has 0 aliphatic heterocycles. The lowest BCUT2D eigenvalue weighted by Gasteiger charge is -2.11. The number of carbonyl (C=O) groups excluding carboxylic acids is 1. The first-order valence-corrected chi connectivity index (χ1v) is 7.84. The Kier molecular flexibility index (Phi) is 6.04. The number of hydrogen-bond donors (Lipinski definition) is 1. The van der Waals surface area contributed by atoms with Gasteiger partial charge in [0.25, 0.3) is 0 Å².